The molecule has 1 aliphatic rings. The van der Waals surface area contributed by atoms with E-state index in [0.29, 0.717) is 15.9 Å². The Morgan fingerprint density at radius 3 is 2.00 bits per heavy atom. The molecule has 0 unspecified atom stereocenters. The molecule has 8 nitrogen and oxygen atoms in total. The monoisotopic (exact) mass is 464 g/mol. The molecule has 2 aromatic carbocycles. The molecule has 2 heterocycles. The van der Waals surface area contributed by atoms with E-state index in [0.717, 1.165) is 44.6 Å². The number of aromatic nitrogens is 2. The lowest BCUT2D eigenvalue weighted by atomic mass is 9.95. The van der Waals surface area contributed by atoms with Gasteiger partial charge in [-0.1, -0.05) is 6.07 Å². The molecule has 0 N–H and O–H groups in total. The highest BCUT2D eigenvalue weighted by atomic mass is 32.2. The SMILES string of the molecule is Cc1cc2c(cc1-c1cc(C=C3SC(=O)N(C)C3=O)ccc1N(C)C)n(C)c(=O)c(=O)n2C. The van der Waals surface area contributed by atoms with Crippen LogP contribution in [0.15, 0.2) is 44.8 Å². The van der Waals surface area contributed by atoms with Gasteiger partial charge in [0.2, 0.25) is 0 Å². The van der Waals surface area contributed by atoms with Crippen LogP contribution < -0.4 is 16.0 Å². The van der Waals surface area contributed by atoms with Gasteiger partial charge in [0.1, 0.15) is 0 Å². The van der Waals surface area contributed by atoms with Crippen LogP contribution >= 0.6 is 11.8 Å². The number of carbonyl (C=O) groups is 2. The third-order valence-electron chi connectivity index (χ3n) is 5.91. The zero-order valence-electron chi connectivity index (χ0n) is 19.3. The summed E-state index contributed by atoms with van der Waals surface area (Å²) in [5.74, 6) is -0.318. The van der Waals surface area contributed by atoms with E-state index < -0.39 is 11.1 Å². The first-order valence-electron chi connectivity index (χ1n) is 10.2. The van der Waals surface area contributed by atoms with Crippen LogP contribution in [-0.2, 0) is 18.9 Å². The number of rotatable bonds is 3. The zero-order valence-corrected chi connectivity index (χ0v) is 20.1. The summed E-state index contributed by atoms with van der Waals surface area (Å²) >= 11 is 0.918. The highest BCUT2D eigenvalue weighted by Crippen LogP contribution is 2.37. The molecule has 0 atom stereocenters. The summed E-state index contributed by atoms with van der Waals surface area (Å²) in [6.45, 7) is 1.96. The predicted molar refractivity (Wildman–Crippen MR) is 133 cm³/mol. The van der Waals surface area contributed by atoms with Crippen LogP contribution in [-0.4, -0.2) is 46.3 Å². The highest BCUT2D eigenvalue weighted by Gasteiger charge is 2.31. The van der Waals surface area contributed by atoms with Crippen LogP contribution in [0.5, 0.6) is 0 Å². The number of carbonyl (C=O) groups excluding carboxylic acids is 2. The molecule has 1 aromatic heterocycles. The Morgan fingerprint density at radius 1 is 0.848 bits per heavy atom. The summed E-state index contributed by atoms with van der Waals surface area (Å²) in [6, 6.07) is 9.64. The van der Waals surface area contributed by atoms with E-state index in [4.69, 9.17) is 0 Å². The number of likely N-dealkylation sites (N-methyl/N-ethyl adjacent to an activating group) is 1. The van der Waals surface area contributed by atoms with Crippen molar-refractivity contribution in [3.8, 4) is 11.1 Å². The lowest BCUT2D eigenvalue weighted by molar-refractivity contribution is -0.121. The quantitative estimate of drug-likeness (QED) is 0.438. The summed E-state index contributed by atoms with van der Waals surface area (Å²) in [5.41, 5.74) is 4.63. The van der Waals surface area contributed by atoms with Gasteiger partial charge in [0.15, 0.2) is 0 Å². The molecule has 1 fully saturated rings. The lowest BCUT2D eigenvalue weighted by Gasteiger charge is -2.21. The fourth-order valence-electron chi connectivity index (χ4n) is 3.96. The number of hydrogen-bond acceptors (Lipinski definition) is 6. The van der Waals surface area contributed by atoms with Crippen molar-refractivity contribution < 1.29 is 9.59 Å². The maximum Gasteiger partial charge on any atom is 0.316 e. The molecular formula is C24H24N4O4S. The van der Waals surface area contributed by atoms with Gasteiger partial charge in [-0.15, -0.1) is 0 Å². The smallest absolute Gasteiger partial charge is 0.316 e. The average molecular weight is 465 g/mol. The number of aryl methyl sites for hydroxylation is 3. The second kappa shape index (κ2) is 8.08. The van der Waals surface area contributed by atoms with Crippen molar-refractivity contribution in [1.82, 2.24) is 14.0 Å². The minimum absolute atomic E-state index is 0.298. The van der Waals surface area contributed by atoms with Crippen molar-refractivity contribution in [2.75, 3.05) is 26.0 Å². The van der Waals surface area contributed by atoms with Crippen LogP contribution in [0.2, 0.25) is 0 Å². The van der Waals surface area contributed by atoms with Gasteiger partial charge in [-0.2, -0.15) is 0 Å². The summed E-state index contributed by atoms with van der Waals surface area (Å²) in [7, 11) is 8.54. The summed E-state index contributed by atoms with van der Waals surface area (Å²) in [6.07, 6.45) is 1.72. The van der Waals surface area contributed by atoms with Gasteiger partial charge >= 0.3 is 11.1 Å². The van der Waals surface area contributed by atoms with Gasteiger partial charge in [0, 0.05) is 46.5 Å². The van der Waals surface area contributed by atoms with Crippen LogP contribution in [0.3, 0.4) is 0 Å². The normalized spacial score (nSPS) is 15.2. The van der Waals surface area contributed by atoms with E-state index in [1.165, 1.54) is 16.2 Å². The lowest BCUT2D eigenvalue weighted by Crippen LogP contribution is -2.39. The van der Waals surface area contributed by atoms with Gasteiger partial charge in [0.05, 0.1) is 15.9 Å². The number of benzene rings is 2. The largest absolute Gasteiger partial charge is 0.377 e. The van der Waals surface area contributed by atoms with E-state index in [1.54, 1.807) is 20.2 Å². The number of amides is 2. The van der Waals surface area contributed by atoms with Crippen LogP contribution in [0.25, 0.3) is 28.2 Å². The Morgan fingerprint density at radius 2 is 1.45 bits per heavy atom. The minimum Gasteiger partial charge on any atom is -0.377 e. The van der Waals surface area contributed by atoms with Gasteiger partial charge in [-0.25, -0.2) is 0 Å². The fourth-order valence-corrected chi connectivity index (χ4v) is 4.79. The highest BCUT2D eigenvalue weighted by molar-refractivity contribution is 8.18. The summed E-state index contributed by atoms with van der Waals surface area (Å²) < 4.78 is 2.75. The van der Waals surface area contributed by atoms with Crippen molar-refractivity contribution in [2.45, 2.75) is 6.92 Å². The average Bonchev–Trinajstić information content (AvgIpc) is 3.02. The molecule has 1 saturated heterocycles. The first-order chi connectivity index (χ1) is 15.5. The standard InChI is InChI=1S/C24H24N4O4S/c1-13-9-18-19(27(5)23(31)22(30)26(18)4)12-15(13)16-10-14(7-8-17(16)25(2)3)11-20-21(29)28(6)24(32)33-20/h7-12H,1-6H3. The number of hydrogen-bond donors (Lipinski definition) is 0. The maximum atomic E-state index is 12.4. The molecule has 1 aliphatic heterocycles. The zero-order chi connectivity index (χ0) is 24.2. The number of thioether (sulfide) groups is 1. The number of imide groups is 1. The summed E-state index contributed by atoms with van der Waals surface area (Å²) in [4.78, 5) is 52.3. The second-order valence-electron chi connectivity index (χ2n) is 8.30. The first-order valence-corrected chi connectivity index (χ1v) is 11.1. The van der Waals surface area contributed by atoms with Gasteiger partial charge < -0.3 is 14.0 Å². The third-order valence-corrected chi connectivity index (χ3v) is 6.87. The maximum absolute atomic E-state index is 12.4. The van der Waals surface area contributed by atoms with E-state index in [-0.39, 0.29) is 11.1 Å². The Labute approximate surface area is 194 Å². The molecule has 0 spiro atoms. The van der Waals surface area contributed by atoms with E-state index in [1.807, 2.05) is 56.3 Å². The second-order valence-corrected chi connectivity index (χ2v) is 9.29. The molecule has 2 amide bonds. The molecular weight excluding hydrogens is 440 g/mol. The summed E-state index contributed by atoms with van der Waals surface area (Å²) in [5, 5.41) is -0.298. The Balaban J connectivity index is 1.96. The molecule has 33 heavy (non-hydrogen) atoms. The van der Waals surface area contributed by atoms with Gasteiger partial charge in [0.25, 0.3) is 11.1 Å². The first kappa shape index (κ1) is 22.6. The van der Waals surface area contributed by atoms with Crippen LogP contribution in [0, 0.1) is 6.92 Å². The molecule has 4 rings (SSSR count). The molecule has 9 heteroatoms. The Hall–Kier alpha value is -3.59. The van der Waals surface area contributed by atoms with Crippen molar-refractivity contribution in [3.05, 3.63) is 67.1 Å². The minimum atomic E-state index is -0.586. The van der Waals surface area contributed by atoms with Crippen molar-refractivity contribution in [1.29, 1.82) is 0 Å². The van der Waals surface area contributed by atoms with E-state index >= 15 is 0 Å². The van der Waals surface area contributed by atoms with Gasteiger partial charge in [-0.3, -0.25) is 24.1 Å². The molecule has 170 valence electrons. The Bertz CT molecular complexity index is 1500. The number of fused-ring (bicyclic) bond motifs is 1. The molecule has 0 aliphatic carbocycles. The Kier molecular flexibility index (Phi) is 5.53. The van der Waals surface area contributed by atoms with E-state index in [2.05, 4.69) is 0 Å². The van der Waals surface area contributed by atoms with Crippen molar-refractivity contribution >= 4 is 45.7 Å². The predicted octanol–water partition coefficient (Wildman–Crippen LogP) is 2.94. The van der Waals surface area contributed by atoms with Crippen LogP contribution in [0.4, 0.5) is 10.5 Å². The van der Waals surface area contributed by atoms with E-state index in [9.17, 15) is 19.2 Å². The topological polar surface area (TPSA) is 84.6 Å². The van der Waals surface area contributed by atoms with Crippen molar-refractivity contribution in [3.63, 3.8) is 0 Å². The number of nitrogens with zero attached hydrogens (tertiary/aromatic N) is 4. The van der Waals surface area contributed by atoms with Crippen molar-refractivity contribution in [2.24, 2.45) is 14.1 Å². The molecule has 0 saturated carbocycles. The molecule has 0 bridgehead atoms. The molecule has 3 aromatic rings. The third kappa shape index (κ3) is 3.68. The van der Waals surface area contributed by atoms with Crippen LogP contribution in [0.1, 0.15) is 11.1 Å². The van der Waals surface area contributed by atoms with Gasteiger partial charge in [-0.05, 0) is 65.7 Å². The fraction of sp³-hybridized carbons (Fsp3) is 0.250. The number of anilines is 1. The molecule has 0 radical (unpaired) electrons.